The van der Waals surface area contributed by atoms with Crippen LogP contribution in [0.5, 0.6) is 0 Å². The fourth-order valence-corrected chi connectivity index (χ4v) is 3.64. The van der Waals surface area contributed by atoms with Crippen LogP contribution >= 0.6 is 11.3 Å². The Morgan fingerprint density at radius 3 is 2.69 bits per heavy atom. The standard InChI is InChI=1S/C18H18N4O3S/c1-10-13-16(19-9-22(4)18(13)25)26-14(10)15(23)20-12-7-5-6-11(8-12)17(24)21(2)3/h5-9H,1-4H3,(H,20,23). The maximum absolute atomic E-state index is 12.7. The number of thiophene rings is 1. The van der Waals surface area contributed by atoms with Crippen LogP contribution in [0.25, 0.3) is 10.2 Å². The zero-order chi connectivity index (χ0) is 19.0. The van der Waals surface area contributed by atoms with Gasteiger partial charge in [0.1, 0.15) is 4.83 Å². The van der Waals surface area contributed by atoms with E-state index in [0.717, 1.165) is 0 Å². The predicted molar refractivity (Wildman–Crippen MR) is 102 cm³/mol. The summed E-state index contributed by atoms with van der Waals surface area (Å²) < 4.78 is 1.39. The lowest BCUT2D eigenvalue weighted by Gasteiger charge is -2.11. The molecule has 2 heterocycles. The molecule has 7 nitrogen and oxygen atoms in total. The van der Waals surface area contributed by atoms with Gasteiger partial charge in [0.15, 0.2) is 0 Å². The summed E-state index contributed by atoms with van der Waals surface area (Å²) in [7, 11) is 4.96. The van der Waals surface area contributed by atoms with E-state index in [0.29, 0.717) is 31.9 Å². The van der Waals surface area contributed by atoms with Crippen molar-refractivity contribution in [3.63, 3.8) is 0 Å². The van der Waals surface area contributed by atoms with Gasteiger partial charge in [-0.3, -0.25) is 14.4 Å². The third-order valence-corrected chi connectivity index (χ3v) is 5.19. The molecule has 134 valence electrons. The highest BCUT2D eigenvalue weighted by molar-refractivity contribution is 7.20. The topological polar surface area (TPSA) is 84.3 Å². The highest BCUT2D eigenvalue weighted by Gasteiger charge is 2.19. The lowest BCUT2D eigenvalue weighted by molar-refractivity contribution is 0.0827. The number of aryl methyl sites for hydroxylation is 2. The highest BCUT2D eigenvalue weighted by Crippen LogP contribution is 2.27. The lowest BCUT2D eigenvalue weighted by atomic mass is 10.1. The molecule has 2 aromatic heterocycles. The Bertz CT molecular complexity index is 1080. The van der Waals surface area contributed by atoms with Crippen LogP contribution in [-0.4, -0.2) is 40.4 Å². The van der Waals surface area contributed by atoms with E-state index in [9.17, 15) is 14.4 Å². The Hall–Kier alpha value is -3.00. The van der Waals surface area contributed by atoms with Gasteiger partial charge in [-0.2, -0.15) is 0 Å². The smallest absolute Gasteiger partial charge is 0.266 e. The summed E-state index contributed by atoms with van der Waals surface area (Å²) in [5, 5.41) is 3.25. The summed E-state index contributed by atoms with van der Waals surface area (Å²) in [5.41, 5.74) is 1.43. The van der Waals surface area contributed by atoms with Crippen LogP contribution in [0.1, 0.15) is 25.6 Å². The van der Waals surface area contributed by atoms with Gasteiger partial charge < -0.3 is 14.8 Å². The van der Waals surface area contributed by atoms with E-state index >= 15 is 0 Å². The summed E-state index contributed by atoms with van der Waals surface area (Å²) >= 11 is 1.18. The van der Waals surface area contributed by atoms with Crippen molar-refractivity contribution in [2.24, 2.45) is 7.05 Å². The van der Waals surface area contributed by atoms with E-state index < -0.39 is 0 Å². The van der Waals surface area contributed by atoms with E-state index in [-0.39, 0.29) is 17.4 Å². The summed E-state index contributed by atoms with van der Waals surface area (Å²) in [4.78, 5) is 43.7. The zero-order valence-corrected chi connectivity index (χ0v) is 15.7. The Kier molecular flexibility index (Phi) is 4.60. The maximum atomic E-state index is 12.7. The number of nitrogens with one attached hydrogen (secondary N) is 1. The second-order valence-electron chi connectivity index (χ2n) is 6.13. The summed E-state index contributed by atoms with van der Waals surface area (Å²) in [6, 6.07) is 6.74. The lowest BCUT2D eigenvalue weighted by Crippen LogP contribution is -2.22. The maximum Gasteiger partial charge on any atom is 0.266 e. The molecule has 0 fully saturated rings. The second kappa shape index (κ2) is 6.72. The average molecular weight is 370 g/mol. The molecule has 0 radical (unpaired) electrons. The quantitative estimate of drug-likeness (QED) is 0.766. The number of fused-ring (bicyclic) bond motifs is 1. The molecule has 3 rings (SSSR count). The van der Waals surface area contributed by atoms with E-state index in [2.05, 4.69) is 10.3 Å². The number of benzene rings is 1. The molecule has 3 aromatic rings. The number of anilines is 1. The van der Waals surface area contributed by atoms with Crippen molar-refractivity contribution in [3.8, 4) is 0 Å². The number of aromatic nitrogens is 2. The molecule has 0 saturated carbocycles. The van der Waals surface area contributed by atoms with E-state index in [1.807, 2.05) is 0 Å². The van der Waals surface area contributed by atoms with Crippen molar-refractivity contribution < 1.29 is 9.59 Å². The molecule has 2 amide bonds. The normalized spacial score (nSPS) is 10.8. The van der Waals surface area contributed by atoms with Gasteiger partial charge in [0.25, 0.3) is 17.4 Å². The van der Waals surface area contributed by atoms with Crippen LogP contribution in [0.4, 0.5) is 5.69 Å². The summed E-state index contributed by atoms with van der Waals surface area (Å²) in [6.45, 7) is 1.74. The summed E-state index contributed by atoms with van der Waals surface area (Å²) in [5.74, 6) is -0.478. The minimum Gasteiger partial charge on any atom is -0.345 e. The molecule has 0 aliphatic carbocycles. The van der Waals surface area contributed by atoms with Gasteiger partial charge in [-0.1, -0.05) is 6.07 Å². The van der Waals surface area contributed by atoms with Crippen molar-refractivity contribution in [3.05, 3.63) is 57.0 Å². The first-order chi connectivity index (χ1) is 12.3. The Morgan fingerprint density at radius 2 is 2.00 bits per heavy atom. The van der Waals surface area contributed by atoms with Crippen molar-refractivity contribution in [1.29, 1.82) is 0 Å². The molecule has 8 heteroatoms. The highest BCUT2D eigenvalue weighted by atomic mass is 32.1. The molecular weight excluding hydrogens is 352 g/mol. The zero-order valence-electron chi connectivity index (χ0n) is 14.9. The third-order valence-electron chi connectivity index (χ3n) is 3.99. The monoisotopic (exact) mass is 370 g/mol. The SMILES string of the molecule is Cc1c(C(=O)Nc2cccc(C(=O)N(C)C)c2)sc2ncn(C)c(=O)c12. The largest absolute Gasteiger partial charge is 0.345 e. The van der Waals surface area contributed by atoms with Gasteiger partial charge in [0, 0.05) is 32.4 Å². The van der Waals surface area contributed by atoms with Crippen LogP contribution in [0.3, 0.4) is 0 Å². The molecular formula is C18H18N4O3S. The second-order valence-corrected chi connectivity index (χ2v) is 7.13. The Labute approximate surface area is 153 Å². The van der Waals surface area contributed by atoms with Gasteiger partial charge in [0.05, 0.1) is 16.6 Å². The third kappa shape index (κ3) is 3.11. The average Bonchev–Trinajstić information content (AvgIpc) is 2.95. The predicted octanol–water partition coefficient (Wildman–Crippen LogP) is 2.26. The first-order valence-corrected chi connectivity index (χ1v) is 8.69. The molecule has 0 aliphatic rings. The number of carbonyl (C=O) groups excluding carboxylic acids is 2. The van der Waals surface area contributed by atoms with Gasteiger partial charge in [-0.05, 0) is 30.7 Å². The molecule has 1 aromatic carbocycles. The molecule has 1 N–H and O–H groups in total. The fourth-order valence-electron chi connectivity index (χ4n) is 2.60. The number of rotatable bonds is 3. The number of nitrogens with zero attached hydrogens (tertiary/aromatic N) is 3. The molecule has 0 atom stereocenters. The van der Waals surface area contributed by atoms with Crippen LogP contribution in [-0.2, 0) is 7.05 Å². The minimum atomic E-state index is -0.331. The van der Waals surface area contributed by atoms with Crippen molar-refractivity contribution >= 4 is 39.1 Å². The molecule has 0 unspecified atom stereocenters. The minimum absolute atomic E-state index is 0.146. The molecule has 0 aliphatic heterocycles. The van der Waals surface area contributed by atoms with Crippen molar-refractivity contribution in [1.82, 2.24) is 14.5 Å². The number of hydrogen-bond acceptors (Lipinski definition) is 5. The van der Waals surface area contributed by atoms with Crippen LogP contribution in [0.2, 0.25) is 0 Å². The van der Waals surface area contributed by atoms with E-state index in [1.54, 1.807) is 52.3 Å². The first kappa shape index (κ1) is 17.8. The number of carbonyl (C=O) groups is 2. The van der Waals surface area contributed by atoms with Gasteiger partial charge in [-0.25, -0.2) is 4.98 Å². The Balaban J connectivity index is 1.94. The number of hydrogen-bond donors (Lipinski definition) is 1. The molecule has 26 heavy (non-hydrogen) atoms. The van der Waals surface area contributed by atoms with Crippen LogP contribution < -0.4 is 10.9 Å². The first-order valence-electron chi connectivity index (χ1n) is 7.87. The van der Waals surface area contributed by atoms with E-state index in [4.69, 9.17) is 0 Å². The summed E-state index contributed by atoms with van der Waals surface area (Å²) in [6.07, 6.45) is 1.44. The van der Waals surface area contributed by atoms with Crippen molar-refractivity contribution in [2.75, 3.05) is 19.4 Å². The number of amides is 2. The molecule has 0 bridgehead atoms. The van der Waals surface area contributed by atoms with Crippen LogP contribution in [0.15, 0.2) is 35.4 Å². The molecule has 0 saturated heterocycles. The Morgan fingerprint density at radius 1 is 1.27 bits per heavy atom. The fraction of sp³-hybridized carbons (Fsp3) is 0.222. The van der Waals surface area contributed by atoms with Gasteiger partial charge in [0.2, 0.25) is 0 Å². The van der Waals surface area contributed by atoms with Crippen molar-refractivity contribution in [2.45, 2.75) is 6.92 Å². The van der Waals surface area contributed by atoms with Crippen LogP contribution in [0, 0.1) is 6.92 Å². The van der Waals surface area contributed by atoms with Gasteiger partial charge in [-0.15, -0.1) is 11.3 Å². The van der Waals surface area contributed by atoms with E-state index in [1.165, 1.54) is 27.1 Å². The molecule has 0 spiro atoms. The van der Waals surface area contributed by atoms with Gasteiger partial charge >= 0.3 is 0 Å².